The number of rotatable bonds is 4. The van der Waals surface area contributed by atoms with Gasteiger partial charge in [-0.3, -0.25) is 0 Å². The van der Waals surface area contributed by atoms with Crippen LogP contribution in [0.2, 0.25) is 0 Å². The first-order valence-corrected chi connectivity index (χ1v) is 7.65. The lowest BCUT2D eigenvalue weighted by atomic mass is 10.1. The van der Waals surface area contributed by atoms with E-state index in [1.165, 1.54) is 12.1 Å². The predicted octanol–water partition coefficient (Wildman–Crippen LogP) is 2.48. The minimum atomic E-state index is -3.80. The van der Waals surface area contributed by atoms with E-state index < -0.39 is 15.8 Å². The van der Waals surface area contributed by atoms with E-state index in [4.69, 9.17) is 5.26 Å². The van der Waals surface area contributed by atoms with Gasteiger partial charge in [-0.2, -0.15) is 5.26 Å². The number of nitrogens with one attached hydrogen (secondary N) is 1. The molecule has 0 aliphatic rings. The van der Waals surface area contributed by atoms with Crippen molar-refractivity contribution in [1.29, 1.82) is 5.26 Å². The molecular formula is C15H13FN2O2S. The maximum atomic E-state index is 13.2. The molecule has 0 fully saturated rings. The van der Waals surface area contributed by atoms with Gasteiger partial charge in [-0.05, 0) is 42.3 Å². The second kappa shape index (κ2) is 6.04. The van der Waals surface area contributed by atoms with Crippen molar-refractivity contribution in [2.24, 2.45) is 0 Å². The summed E-state index contributed by atoms with van der Waals surface area (Å²) in [7, 11) is -3.80. The molecular weight excluding hydrogens is 291 g/mol. The Bertz CT molecular complexity index is 811. The van der Waals surface area contributed by atoms with Crippen LogP contribution in [0.5, 0.6) is 0 Å². The summed E-state index contributed by atoms with van der Waals surface area (Å²) < 4.78 is 40.0. The molecule has 21 heavy (non-hydrogen) atoms. The third kappa shape index (κ3) is 3.66. The second-order valence-corrected chi connectivity index (χ2v) is 6.28. The molecule has 0 unspecified atom stereocenters. The van der Waals surface area contributed by atoms with Crippen LogP contribution < -0.4 is 4.72 Å². The smallest absolute Gasteiger partial charge is 0.207 e. The molecule has 0 bridgehead atoms. The zero-order valence-corrected chi connectivity index (χ0v) is 12.1. The maximum absolute atomic E-state index is 13.2. The third-order valence-corrected chi connectivity index (χ3v) is 4.51. The summed E-state index contributed by atoms with van der Waals surface area (Å²) in [5.74, 6) is -0.604. The summed E-state index contributed by atoms with van der Waals surface area (Å²) in [6.07, 6.45) is 0. The van der Waals surface area contributed by atoms with Crippen LogP contribution in [0, 0.1) is 24.1 Å². The van der Waals surface area contributed by atoms with Crippen molar-refractivity contribution in [2.45, 2.75) is 18.4 Å². The molecule has 2 rings (SSSR count). The van der Waals surface area contributed by atoms with Crippen molar-refractivity contribution in [1.82, 2.24) is 4.72 Å². The Kier molecular flexibility index (Phi) is 4.36. The highest BCUT2D eigenvalue weighted by Crippen LogP contribution is 2.16. The molecule has 1 N–H and O–H groups in total. The largest absolute Gasteiger partial charge is 0.241 e. The topological polar surface area (TPSA) is 70.0 Å². The highest BCUT2D eigenvalue weighted by molar-refractivity contribution is 7.89. The Labute approximate surface area is 122 Å². The standard InChI is InChI=1S/C15H13FN2O2S/c1-11-5-6-14(16)8-15(11)21(19,20)18-10-13-4-2-3-12(7-13)9-17/h2-8,18H,10H2,1H3. The highest BCUT2D eigenvalue weighted by Gasteiger charge is 2.17. The average Bonchev–Trinajstić information content (AvgIpc) is 2.48. The van der Waals surface area contributed by atoms with E-state index in [0.717, 1.165) is 6.07 Å². The van der Waals surface area contributed by atoms with Gasteiger partial charge in [0.05, 0.1) is 16.5 Å². The van der Waals surface area contributed by atoms with Crippen LogP contribution in [0.1, 0.15) is 16.7 Å². The number of benzene rings is 2. The Morgan fingerprint density at radius 1 is 1.24 bits per heavy atom. The fourth-order valence-electron chi connectivity index (χ4n) is 1.87. The fraction of sp³-hybridized carbons (Fsp3) is 0.133. The van der Waals surface area contributed by atoms with Crippen LogP contribution >= 0.6 is 0 Å². The molecule has 108 valence electrons. The van der Waals surface area contributed by atoms with Crippen molar-refractivity contribution in [2.75, 3.05) is 0 Å². The van der Waals surface area contributed by atoms with E-state index in [9.17, 15) is 12.8 Å². The van der Waals surface area contributed by atoms with Gasteiger partial charge in [0.1, 0.15) is 5.82 Å². The number of hydrogen-bond acceptors (Lipinski definition) is 3. The van der Waals surface area contributed by atoms with Crippen molar-refractivity contribution < 1.29 is 12.8 Å². The van der Waals surface area contributed by atoms with Crippen LogP contribution in [0.4, 0.5) is 4.39 Å². The van der Waals surface area contributed by atoms with Gasteiger partial charge in [-0.15, -0.1) is 0 Å². The van der Waals surface area contributed by atoms with Gasteiger partial charge in [0.25, 0.3) is 0 Å². The number of nitriles is 1. The zero-order chi connectivity index (χ0) is 15.5. The lowest BCUT2D eigenvalue weighted by Crippen LogP contribution is -2.24. The van der Waals surface area contributed by atoms with Crippen molar-refractivity contribution in [3.8, 4) is 6.07 Å². The molecule has 4 nitrogen and oxygen atoms in total. The van der Waals surface area contributed by atoms with E-state index in [-0.39, 0.29) is 11.4 Å². The van der Waals surface area contributed by atoms with E-state index in [1.807, 2.05) is 6.07 Å². The number of sulfonamides is 1. The first kappa shape index (κ1) is 15.2. The molecule has 0 atom stereocenters. The van der Waals surface area contributed by atoms with E-state index in [2.05, 4.69) is 4.72 Å². The van der Waals surface area contributed by atoms with Crippen molar-refractivity contribution in [3.63, 3.8) is 0 Å². The zero-order valence-electron chi connectivity index (χ0n) is 11.3. The molecule has 0 saturated carbocycles. The summed E-state index contributed by atoms with van der Waals surface area (Å²) in [6, 6.07) is 12.2. The average molecular weight is 304 g/mol. The van der Waals surface area contributed by atoms with Crippen molar-refractivity contribution >= 4 is 10.0 Å². The molecule has 0 radical (unpaired) electrons. The number of aryl methyl sites for hydroxylation is 1. The van der Waals surface area contributed by atoms with Gasteiger partial charge in [-0.25, -0.2) is 17.5 Å². The van der Waals surface area contributed by atoms with Crippen LogP contribution in [0.15, 0.2) is 47.4 Å². The Hall–Kier alpha value is -2.23. The van der Waals surface area contributed by atoms with E-state index >= 15 is 0 Å². The first-order chi connectivity index (χ1) is 9.92. The summed E-state index contributed by atoms with van der Waals surface area (Å²) in [5, 5.41) is 8.80. The molecule has 0 saturated heterocycles. The Balaban J connectivity index is 2.22. The number of halogens is 1. The lowest BCUT2D eigenvalue weighted by molar-refractivity contribution is 0.576. The molecule has 0 amide bonds. The SMILES string of the molecule is Cc1ccc(F)cc1S(=O)(=O)NCc1cccc(C#N)c1. The van der Waals surface area contributed by atoms with Gasteiger partial charge >= 0.3 is 0 Å². The maximum Gasteiger partial charge on any atom is 0.241 e. The molecule has 0 heterocycles. The molecule has 2 aromatic rings. The van der Waals surface area contributed by atoms with Gasteiger partial charge < -0.3 is 0 Å². The molecule has 0 spiro atoms. The molecule has 2 aromatic carbocycles. The van der Waals surface area contributed by atoms with Crippen LogP contribution in [0.25, 0.3) is 0 Å². The van der Waals surface area contributed by atoms with Gasteiger partial charge in [0.15, 0.2) is 0 Å². The fourth-order valence-corrected chi connectivity index (χ4v) is 3.14. The van der Waals surface area contributed by atoms with Crippen LogP contribution in [-0.4, -0.2) is 8.42 Å². The Morgan fingerprint density at radius 2 is 2.00 bits per heavy atom. The van der Waals surface area contributed by atoms with Crippen LogP contribution in [0.3, 0.4) is 0 Å². The Morgan fingerprint density at radius 3 is 2.71 bits per heavy atom. The van der Waals surface area contributed by atoms with Gasteiger partial charge in [0.2, 0.25) is 10.0 Å². The molecule has 0 aliphatic carbocycles. The molecule has 0 aromatic heterocycles. The van der Waals surface area contributed by atoms with E-state index in [1.54, 1.807) is 31.2 Å². The monoisotopic (exact) mass is 304 g/mol. The third-order valence-electron chi connectivity index (χ3n) is 2.96. The number of nitrogens with zero attached hydrogens (tertiary/aromatic N) is 1. The van der Waals surface area contributed by atoms with E-state index in [0.29, 0.717) is 16.7 Å². The number of hydrogen-bond donors (Lipinski definition) is 1. The summed E-state index contributed by atoms with van der Waals surface area (Å²) in [6.45, 7) is 1.64. The summed E-state index contributed by atoms with van der Waals surface area (Å²) in [4.78, 5) is -0.0843. The predicted molar refractivity (Wildman–Crippen MR) is 76.3 cm³/mol. The summed E-state index contributed by atoms with van der Waals surface area (Å²) in [5.41, 5.74) is 1.58. The minimum absolute atomic E-state index is 0.0355. The van der Waals surface area contributed by atoms with Crippen molar-refractivity contribution in [3.05, 3.63) is 65.0 Å². The second-order valence-electron chi connectivity index (χ2n) is 4.55. The van der Waals surface area contributed by atoms with Gasteiger partial charge in [-0.1, -0.05) is 18.2 Å². The lowest BCUT2D eigenvalue weighted by Gasteiger charge is -2.09. The normalized spacial score (nSPS) is 11.1. The quantitative estimate of drug-likeness (QED) is 0.943. The highest BCUT2D eigenvalue weighted by atomic mass is 32.2. The molecule has 6 heteroatoms. The van der Waals surface area contributed by atoms with Gasteiger partial charge in [0, 0.05) is 6.54 Å². The van der Waals surface area contributed by atoms with Crippen LogP contribution in [-0.2, 0) is 16.6 Å². The first-order valence-electron chi connectivity index (χ1n) is 6.17. The summed E-state index contributed by atoms with van der Waals surface area (Å²) >= 11 is 0. The minimum Gasteiger partial charge on any atom is -0.207 e. The molecule has 0 aliphatic heterocycles.